The molecule has 0 fully saturated rings. The molecule has 0 saturated heterocycles. The fourth-order valence-corrected chi connectivity index (χ4v) is 3.09. The molecule has 32 heavy (non-hydrogen) atoms. The van der Waals surface area contributed by atoms with E-state index in [0.29, 0.717) is 11.3 Å². The highest BCUT2D eigenvalue weighted by molar-refractivity contribution is 6.10. The molecule has 0 aliphatic rings. The molecule has 0 bridgehead atoms. The van der Waals surface area contributed by atoms with Crippen LogP contribution in [-0.4, -0.2) is 32.2 Å². The smallest absolute Gasteiger partial charge is 0.292 e. The molecule has 1 amide bonds. The van der Waals surface area contributed by atoms with Crippen LogP contribution >= 0.6 is 0 Å². The van der Waals surface area contributed by atoms with Gasteiger partial charge in [-0.15, -0.1) is 0 Å². The topological polar surface area (TPSA) is 99.9 Å². The average molecular weight is 434 g/mol. The first kappa shape index (κ1) is 22.4. The van der Waals surface area contributed by atoms with Crippen LogP contribution in [0.5, 0.6) is 17.2 Å². The van der Waals surface area contributed by atoms with Crippen LogP contribution in [0, 0.1) is 10.1 Å². The predicted octanol–water partition coefficient (Wildman–Crippen LogP) is 5.04. The number of anilines is 1. The van der Waals surface area contributed by atoms with E-state index in [4.69, 9.17) is 14.2 Å². The minimum atomic E-state index is -0.550. The van der Waals surface area contributed by atoms with Crippen LogP contribution in [0.25, 0.3) is 12.2 Å². The van der Waals surface area contributed by atoms with Gasteiger partial charge in [-0.05, 0) is 35.4 Å². The maximum atomic E-state index is 13.2. The van der Waals surface area contributed by atoms with Crippen LogP contribution in [0.15, 0.2) is 60.7 Å². The second kappa shape index (κ2) is 10.1. The third-order valence-electron chi connectivity index (χ3n) is 4.71. The van der Waals surface area contributed by atoms with E-state index in [1.165, 1.54) is 32.4 Å². The Morgan fingerprint density at radius 2 is 1.59 bits per heavy atom. The monoisotopic (exact) mass is 434 g/mol. The van der Waals surface area contributed by atoms with E-state index in [9.17, 15) is 14.9 Å². The Morgan fingerprint density at radius 1 is 0.906 bits per heavy atom. The number of benzene rings is 3. The third kappa shape index (κ3) is 5.04. The van der Waals surface area contributed by atoms with Gasteiger partial charge in [-0.2, -0.15) is 0 Å². The Labute approximate surface area is 185 Å². The van der Waals surface area contributed by atoms with Gasteiger partial charge in [0.25, 0.3) is 11.6 Å². The molecule has 3 aromatic carbocycles. The van der Waals surface area contributed by atoms with Gasteiger partial charge in [0, 0.05) is 12.1 Å². The van der Waals surface area contributed by atoms with Gasteiger partial charge < -0.3 is 19.5 Å². The summed E-state index contributed by atoms with van der Waals surface area (Å²) in [5.41, 5.74) is 1.51. The van der Waals surface area contributed by atoms with Crippen LogP contribution in [-0.2, 0) is 0 Å². The summed E-state index contributed by atoms with van der Waals surface area (Å²) in [5.74, 6) is 0.955. The molecular formula is C24H22N2O6. The Hall–Kier alpha value is -4.33. The molecule has 3 aromatic rings. The lowest BCUT2D eigenvalue weighted by Crippen LogP contribution is -2.16. The second-order valence-electron chi connectivity index (χ2n) is 6.63. The molecule has 8 nitrogen and oxygen atoms in total. The second-order valence-corrected chi connectivity index (χ2v) is 6.63. The van der Waals surface area contributed by atoms with Crippen molar-refractivity contribution >= 4 is 29.4 Å². The molecule has 164 valence electrons. The van der Waals surface area contributed by atoms with E-state index in [-0.39, 0.29) is 22.7 Å². The van der Waals surface area contributed by atoms with Crippen molar-refractivity contribution in [2.75, 3.05) is 26.6 Å². The van der Waals surface area contributed by atoms with E-state index in [2.05, 4.69) is 5.32 Å². The zero-order valence-corrected chi connectivity index (χ0v) is 17.8. The van der Waals surface area contributed by atoms with Crippen molar-refractivity contribution < 1.29 is 23.9 Å². The van der Waals surface area contributed by atoms with Crippen molar-refractivity contribution in [3.05, 3.63) is 87.5 Å². The fraction of sp³-hybridized carbons (Fsp3) is 0.125. The molecular weight excluding hydrogens is 412 g/mol. The van der Waals surface area contributed by atoms with E-state index >= 15 is 0 Å². The van der Waals surface area contributed by atoms with Crippen molar-refractivity contribution in [1.82, 2.24) is 0 Å². The lowest BCUT2D eigenvalue weighted by atomic mass is 10.0. The highest BCUT2D eigenvalue weighted by Gasteiger charge is 2.21. The maximum absolute atomic E-state index is 13.2. The van der Waals surface area contributed by atoms with Gasteiger partial charge in [-0.1, -0.05) is 36.4 Å². The van der Waals surface area contributed by atoms with Crippen molar-refractivity contribution in [3.8, 4) is 17.2 Å². The molecule has 0 unspecified atom stereocenters. The van der Waals surface area contributed by atoms with Gasteiger partial charge >= 0.3 is 0 Å². The van der Waals surface area contributed by atoms with Crippen molar-refractivity contribution in [3.63, 3.8) is 0 Å². The minimum Gasteiger partial charge on any atom is -0.497 e. The number of nitrogens with zero attached hydrogens (tertiary/aromatic N) is 1. The third-order valence-corrected chi connectivity index (χ3v) is 4.71. The summed E-state index contributed by atoms with van der Waals surface area (Å²) >= 11 is 0. The predicted molar refractivity (Wildman–Crippen MR) is 123 cm³/mol. The SMILES string of the molecule is COc1ccc(/C=C/c2cc(OC)cc(OC)c2C(=O)Nc2ccccc2[N+](=O)[O-])cc1. The van der Waals surface area contributed by atoms with Crippen molar-refractivity contribution in [1.29, 1.82) is 0 Å². The highest BCUT2D eigenvalue weighted by Crippen LogP contribution is 2.32. The molecule has 3 rings (SSSR count). The zero-order chi connectivity index (χ0) is 23.1. The molecule has 0 aromatic heterocycles. The maximum Gasteiger partial charge on any atom is 0.292 e. The first-order valence-electron chi connectivity index (χ1n) is 9.59. The van der Waals surface area contributed by atoms with Crippen molar-refractivity contribution in [2.24, 2.45) is 0 Å². The number of para-hydroxylation sites is 2. The summed E-state index contributed by atoms with van der Waals surface area (Å²) < 4.78 is 15.9. The summed E-state index contributed by atoms with van der Waals surface area (Å²) in [6.45, 7) is 0. The summed E-state index contributed by atoms with van der Waals surface area (Å²) in [5, 5.41) is 13.9. The number of nitrogens with one attached hydrogen (secondary N) is 1. The van der Waals surface area contributed by atoms with E-state index in [0.717, 1.165) is 11.3 Å². The molecule has 0 aliphatic carbocycles. The molecule has 0 atom stereocenters. The van der Waals surface area contributed by atoms with Gasteiger partial charge in [-0.25, -0.2) is 0 Å². The molecule has 0 spiro atoms. The number of rotatable bonds is 8. The number of ether oxygens (including phenoxy) is 3. The van der Waals surface area contributed by atoms with Crippen LogP contribution < -0.4 is 19.5 Å². The van der Waals surface area contributed by atoms with Gasteiger partial charge in [0.2, 0.25) is 0 Å². The lowest BCUT2D eigenvalue weighted by Gasteiger charge is -2.14. The average Bonchev–Trinajstić information content (AvgIpc) is 2.82. The van der Waals surface area contributed by atoms with Gasteiger partial charge in [0.15, 0.2) is 0 Å². The Kier molecular flexibility index (Phi) is 7.07. The number of carbonyl (C=O) groups excluding carboxylic acids is 1. The standard InChI is InChI=1S/C24H22N2O6/c1-30-18-12-9-16(10-13-18)8-11-17-14-19(31-2)15-22(32-3)23(17)24(27)25-20-6-4-5-7-21(20)26(28)29/h4-15H,1-3H3,(H,25,27)/b11-8+. The molecule has 1 N–H and O–H groups in total. The van der Waals surface area contributed by atoms with Crippen LogP contribution in [0.4, 0.5) is 11.4 Å². The van der Waals surface area contributed by atoms with Crippen molar-refractivity contribution in [2.45, 2.75) is 0 Å². The van der Waals surface area contributed by atoms with E-state index < -0.39 is 10.8 Å². The van der Waals surface area contributed by atoms with E-state index in [1.807, 2.05) is 30.3 Å². The van der Waals surface area contributed by atoms with E-state index in [1.54, 1.807) is 31.4 Å². The highest BCUT2D eigenvalue weighted by atomic mass is 16.6. The molecule has 8 heteroatoms. The van der Waals surface area contributed by atoms with Gasteiger partial charge in [0.1, 0.15) is 22.9 Å². The first-order chi connectivity index (χ1) is 15.5. The zero-order valence-electron chi connectivity index (χ0n) is 17.8. The summed E-state index contributed by atoms with van der Waals surface area (Å²) in [6.07, 6.45) is 3.58. The Bertz CT molecular complexity index is 1160. The summed E-state index contributed by atoms with van der Waals surface area (Å²) in [7, 11) is 4.54. The number of amides is 1. The van der Waals surface area contributed by atoms with Gasteiger partial charge in [0.05, 0.1) is 31.8 Å². The summed E-state index contributed by atoms with van der Waals surface area (Å²) in [4.78, 5) is 23.9. The number of hydrogen-bond donors (Lipinski definition) is 1. The Morgan fingerprint density at radius 3 is 2.22 bits per heavy atom. The molecule has 0 saturated carbocycles. The van der Waals surface area contributed by atoms with Crippen LogP contribution in [0.1, 0.15) is 21.5 Å². The lowest BCUT2D eigenvalue weighted by molar-refractivity contribution is -0.383. The minimum absolute atomic E-state index is 0.0884. The fourth-order valence-electron chi connectivity index (χ4n) is 3.09. The largest absolute Gasteiger partial charge is 0.497 e. The van der Waals surface area contributed by atoms with Crippen LogP contribution in [0.3, 0.4) is 0 Å². The number of nitro groups is 1. The van der Waals surface area contributed by atoms with Crippen LogP contribution in [0.2, 0.25) is 0 Å². The molecule has 0 aliphatic heterocycles. The quantitative estimate of drug-likeness (QED) is 0.303. The Balaban J connectivity index is 2.02. The molecule has 0 heterocycles. The molecule has 0 radical (unpaired) electrons. The summed E-state index contributed by atoms with van der Waals surface area (Å²) in [6, 6.07) is 16.6. The number of hydrogen-bond acceptors (Lipinski definition) is 6. The van der Waals surface area contributed by atoms with Gasteiger partial charge in [-0.3, -0.25) is 14.9 Å². The normalized spacial score (nSPS) is 10.6. The number of nitro benzene ring substituents is 1. The first-order valence-corrected chi connectivity index (χ1v) is 9.59. The number of methoxy groups -OCH3 is 3. The number of carbonyl (C=O) groups is 1.